The van der Waals surface area contributed by atoms with Gasteiger partial charge in [0, 0.05) is 32.0 Å². The molecule has 6 radical (unpaired) electrons. The summed E-state index contributed by atoms with van der Waals surface area (Å²) in [6, 6.07) is -1.82. The molecular formula is C20H31B3N3O9+. The first kappa shape index (κ1) is 27.6. The van der Waals surface area contributed by atoms with E-state index in [1.165, 1.54) is 16.7 Å². The summed E-state index contributed by atoms with van der Waals surface area (Å²) in [5.74, 6) is -0.459. The van der Waals surface area contributed by atoms with Crippen molar-refractivity contribution in [2.75, 3.05) is 66.1 Å². The normalized spacial score (nSPS) is 32.1. The summed E-state index contributed by atoms with van der Waals surface area (Å²) in [4.78, 5) is 41.0. The van der Waals surface area contributed by atoms with Crippen molar-refractivity contribution in [3.8, 4) is 0 Å². The number of aliphatic hydroxyl groups is 2. The van der Waals surface area contributed by atoms with Crippen LogP contribution in [-0.2, 0) is 28.5 Å². The fourth-order valence-corrected chi connectivity index (χ4v) is 4.16. The second kappa shape index (κ2) is 12.8. The van der Waals surface area contributed by atoms with Crippen LogP contribution in [0, 0.1) is 0 Å². The zero-order valence-corrected chi connectivity index (χ0v) is 20.1. The zero-order chi connectivity index (χ0) is 25.5. The van der Waals surface area contributed by atoms with E-state index in [2.05, 4.69) is 4.74 Å². The molecule has 3 aliphatic rings. The smallest absolute Gasteiger partial charge is 0.410 e. The van der Waals surface area contributed by atoms with Gasteiger partial charge < -0.3 is 38.2 Å². The van der Waals surface area contributed by atoms with E-state index >= 15 is 0 Å². The van der Waals surface area contributed by atoms with Crippen LogP contribution in [0.25, 0.3) is 0 Å². The van der Waals surface area contributed by atoms with Crippen molar-refractivity contribution in [3.05, 3.63) is 0 Å². The van der Waals surface area contributed by atoms with Gasteiger partial charge in [-0.05, 0) is 7.05 Å². The summed E-state index contributed by atoms with van der Waals surface area (Å²) < 4.78 is 31.2. The van der Waals surface area contributed by atoms with Gasteiger partial charge in [-0.2, -0.15) is 0 Å². The summed E-state index contributed by atoms with van der Waals surface area (Å²) in [7, 11) is 19.6. The first-order valence-electron chi connectivity index (χ1n) is 11.5. The lowest BCUT2D eigenvalue weighted by molar-refractivity contribution is -0.184. The molecule has 3 fully saturated rings. The largest absolute Gasteiger partial charge is 0.463 e. The highest BCUT2D eigenvalue weighted by Gasteiger charge is 2.34. The topological polar surface area (TPSA) is 120 Å². The summed E-state index contributed by atoms with van der Waals surface area (Å²) in [5, 5.41) is 0. The van der Waals surface area contributed by atoms with E-state index in [0.717, 1.165) is 0 Å². The molecule has 0 aromatic rings. The van der Waals surface area contributed by atoms with Gasteiger partial charge in [-0.15, -0.1) is 0 Å². The Morgan fingerprint density at radius 2 is 1.31 bits per heavy atom. The van der Waals surface area contributed by atoms with Crippen LogP contribution >= 0.6 is 0 Å². The van der Waals surface area contributed by atoms with Crippen molar-refractivity contribution in [1.82, 2.24) is 14.7 Å². The van der Waals surface area contributed by atoms with Crippen LogP contribution in [0.5, 0.6) is 0 Å². The molecule has 3 heterocycles. The number of carbonyl (C=O) groups is 3. The number of esters is 1. The standard InChI is InChI=1S/C20H30B3N3O9/c1-12(27)30-9-14-4-25(7-17(22)34-14)20(29)32-11-15-5-26(8-18(23)35-15)19(28)31-10-13-3-24(2)6-16(21)33-13/h13-18H,3-11H2,1-2H3/p+1. The van der Waals surface area contributed by atoms with Crippen LogP contribution in [-0.4, -0.2) is 164 Å². The second-order valence-electron chi connectivity index (χ2n) is 8.95. The quantitative estimate of drug-likeness (QED) is 0.173. The first-order valence-corrected chi connectivity index (χ1v) is 11.5. The SMILES string of the molecule is [B]C1CN(C(=O)OCC2CN(C(=O)OCC3CN(C)CC([B])[OH+]3)CC([B])O2)CC(COC(C)=O)O1. The van der Waals surface area contributed by atoms with E-state index in [-0.39, 0.29) is 58.1 Å². The van der Waals surface area contributed by atoms with Crippen LogP contribution < -0.4 is 0 Å². The fraction of sp³-hybridized carbons (Fsp3) is 0.850. The van der Waals surface area contributed by atoms with E-state index in [0.29, 0.717) is 13.1 Å². The molecule has 1 N–H and O–H groups in total. The van der Waals surface area contributed by atoms with Crippen LogP contribution in [0.1, 0.15) is 6.92 Å². The third kappa shape index (κ3) is 8.89. The van der Waals surface area contributed by atoms with Crippen LogP contribution in [0.15, 0.2) is 0 Å². The number of morpholine rings is 3. The van der Waals surface area contributed by atoms with Gasteiger partial charge in [-0.3, -0.25) is 9.69 Å². The Morgan fingerprint density at radius 3 is 1.83 bits per heavy atom. The predicted octanol–water partition coefficient (Wildman–Crippen LogP) is -2.45. The minimum Gasteiger partial charge on any atom is -0.463 e. The fourth-order valence-electron chi connectivity index (χ4n) is 4.16. The van der Waals surface area contributed by atoms with Gasteiger partial charge in [-0.1, -0.05) is 0 Å². The maximum absolute atomic E-state index is 12.6. The van der Waals surface area contributed by atoms with Gasteiger partial charge in [0.1, 0.15) is 47.1 Å². The highest BCUT2D eigenvalue weighted by Crippen LogP contribution is 2.15. The molecule has 0 aliphatic carbocycles. The summed E-state index contributed by atoms with van der Waals surface area (Å²) in [5.41, 5.74) is 0. The van der Waals surface area contributed by atoms with E-state index in [1.807, 2.05) is 11.9 Å². The Labute approximate surface area is 209 Å². The van der Waals surface area contributed by atoms with Crippen molar-refractivity contribution in [3.63, 3.8) is 0 Å². The molecule has 6 unspecified atom stereocenters. The van der Waals surface area contributed by atoms with Crippen LogP contribution in [0.2, 0.25) is 0 Å². The molecule has 188 valence electrons. The number of ether oxygens (including phenoxy) is 6. The van der Waals surface area contributed by atoms with E-state index in [1.54, 1.807) is 0 Å². The van der Waals surface area contributed by atoms with E-state index in [4.69, 9.17) is 47.2 Å². The van der Waals surface area contributed by atoms with Gasteiger partial charge in [0.15, 0.2) is 14.5 Å². The van der Waals surface area contributed by atoms with Crippen LogP contribution in [0.4, 0.5) is 9.59 Å². The summed E-state index contributed by atoms with van der Waals surface area (Å²) in [6.45, 7) is 3.08. The number of hydrogen-bond acceptors (Lipinski definition) is 9. The van der Waals surface area contributed by atoms with Crippen molar-refractivity contribution in [2.24, 2.45) is 0 Å². The molecule has 0 saturated carbocycles. The molecule has 3 rings (SSSR count). The summed E-state index contributed by atoms with van der Waals surface area (Å²) in [6.07, 6.45) is -2.59. The lowest BCUT2D eigenvalue weighted by Gasteiger charge is -2.38. The molecule has 12 nitrogen and oxygen atoms in total. The van der Waals surface area contributed by atoms with Crippen molar-refractivity contribution < 1.29 is 42.8 Å². The molecule has 3 saturated heterocycles. The zero-order valence-electron chi connectivity index (χ0n) is 20.1. The molecular weight excluding hydrogens is 459 g/mol. The molecule has 6 atom stereocenters. The molecule has 0 spiro atoms. The predicted molar refractivity (Wildman–Crippen MR) is 124 cm³/mol. The highest BCUT2D eigenvalue weighted by atomic mass is 16.6. The van der Waals surface area contributed by atoms with Gasteiger partial charge in [0.05, 0.1) is 26.2 Å². The van der Waals surface area contributed by atoms with Crippen molar-refractivity contribution in [1.29, 1.82) is 0 Å². The number of nitrogens with zero attached hydrogens (tertiary/aromatic N) is 3. The van der Waals surface area contributed by atoms with Crippen molar-refractivity contribution >= 4 is 41.7 Å². The number of likely N-dealkylation sites (N-methyl/N-ethyl adjacent to an activating group) is 1. The van der Waals surface area contributed by atoms with Gasteiger partial charge >= 0.3 is 18.2 Å². The molecule has 0 bridgehead atoms. The number of rotatable bonds is 6. The van der Waals surface area contributed by atoms with Gasteiger partial charge in [0.25, 0.3) is 0 Å². The third-order valence-electron chi connectivity index (χ3n) is 5.59. The van der Waals surface area contributed by atoms with E-state index < -0.39 is 42.4 Å². The minimum absolute atomic E-state index is 0.0269. The lowest BCUT2D eigenvalue weighted by Crippen LogP contribution is -2.54. The minimum atomic E-state index is -0.760. The third-order valence-corrected chi connectivity index (χ3v) is 5.59. The monoisotopic (exact) mass is 490 g/mol. The highest BCUT2D eigenvalue weighted by molar-refractivity contribution is 6.11. The first-order chi connectivity index (χ1) is 16.6. The Hall–Kier alpha value is -1.96. The number of hydrogen-bond donors (Lipinski definition) is 0. The molecule has 0 aromatic carbocycles. The molecule has 35 heavy (non-hydrogen) atoms. The van der Waals surface area contributed by atoms with Crippen LogP contribution in [0.3, 0.4) is 0 Å². The van der Waals surface area contributed by atoms with E-state index in [9.17, 15) is 14.4 Å². The van der Waals surface area contributed by atoms with Gasteiger partial charge in [0.2, 0.25) is 6.10 Å². The Bertz CT molecular complexity index is 742. The number of amides is 2. The maximum atomic E-state index is 12.6. The Kier molecular flexibility index (Phi) is 10.1. The summed E-state index contributed by atoms with van der Waals surface area (Å²) >= 11 is 0. The molecule has 2 amide bonds. The lowest BCUT2D eigenvalue weighted by atomic mass is 9.97. The van der Waals surface area contributed by atoms with Crippen molar-refractivity contribution in [2.45, 2.75) is 43.2 Å². The average molecular weight is 490 g/mol. The Morgan fingerprint density at radius 1 is 0.800 bits per heavy atom. The Balaban J connectivity index is 1.43. The number of carbonyl (C=O) groups excluding carboxylic acids is 3. The maximum Gasteiger partial charge on any atom is 0.410 e. The average Bonchev–Trinajstić information content (AvgIpc) is 2.78. The molecule has 0 aromatic heterocycles. The van der Waals surface area contributed by atoms with Gasteiger partial charge in [-0.25, -0.2) is 9.59 Å². The second-order valence-corrected chi connectivity index (χ2v) is 8.95. The molecule has 3 aliphatic heterocycles. The molecule has 15 heteroatoms.